The minimum absolute atomic E-state index is 0.0580. The molecule has 0 spiro atoms. The van der Waals surface area contributed by atoms with E-state index in [1.807, 2.05) is 37.5 Å². The summed E-state index contributed by atoms with van der Waals surface area (Å²) in [4.78, 5) is 16.1. The van der Waals surface area contributed by atoms with Gasteiger partial charge in [0.2, 0.25) is 10.0 Å². The number of aliphatic carboxylic acids is 1. The lowest BCUT2D eigenvalue weighted by Gasteiger charge is -2.28. The zero-order valence-electron chi connectivity index (χ0n) is 27.4. The number of rotatable bonds is 15. The number of aromatic nitrogens is 2. The minimum atomic E-state index is -4.38. The molecule has 0 saturated carbocycles. The maximum Gasteiger partial charge on any atom is 0.322 e. The average molecular weight is 723 g/mol. The summed E-state index contributed by atoms with van der Waals surface area (Å²) in [5.41, 5.74) is 1.71. The Balaban J connectivity index is 1.68. The number of imidazole rings is 1. The van der Waals surface area contributed by atoms with Crippen molar-refractivity contribution in [2.75, 3.05) is 14.2 Å². The molecule has 0 aliphatic rings. The molecule has 1 aromatic heterocycles. The molecule has 0 aliphatic heterocycles. The summed E-state index contributed by atoms with van der Waals surface area (Å²) < 4.78 is 64.4. The van der Waals surface area contributed by atoms with E-state index in [0.29, 0.717) is 28.7 Å². The lowest BCUT2D eigenvalue weighted by molar-refractivity contribution is -0.141. The summed E-state index contributed by atoms with van der Waals surface area (Å²) >= 11 is 12.8. The van der Waals surface area contributed by atoms with Crippen LogP contribution in [0.3, 0.4) is 0 Å². The van der Waals surface area contributed by atoms with Gasteiger partial charge in [-0.3, -0.25) is 9.36 Å². The van der Waals surface area contributed by atoms with Crippen molar-refractivity contribution in [1.29, 1.82) is 0 Å². The number of hydrogen-bond donors (Lipinski definition) is 1. The number of carboxylic acid groups (broad SMARTS) is 1. The fourth-order valence-corrected chi connectivity index (χ4v) is 7.61. The fraction of sp³-hybridized carbons (Fsp3) is 0.371. The van der Waals surface area contributed by atoms with E-state index in [9.17, 15) is 22.7 Å². The largest absolute Gasteiger partial charge is 0.495 e. The Kier molecular flexibility index (Phi) is 11.9. The van der Waals surface area contributed by atoms with E-state index < -0.39 is 44.0 Å². The quantitative estimate of drug-likeness (QED) is 0.124. The number of ether oxygens (including phenoxy) is 1. The van der Waals surface area contributed by atoms with Crippen molar-refractivity contribution in [3.05, 3.63) is 105 Å². The highest BCUT2D eigenvalue weighted by Gasteiger charge is 2.34. The minimum Gasteiger partial charge on any atom is -0.495 e. The second-order valence-electron chi connectivity index (χ2n) is 12.1. The van der Waals surface area contributed by atoms with E-state index in [0.717, 1.165) is 40.5 Å². The summed E-state index contributed by atoms with van der Waals surface area (Å²) in [6, 6.07) is 12.1. The molecule has 13 heteroatoms. The van der Waals surface area contributed by atoms with Crippen LogP contribution in [0.5, 0.6) is 5.75 Å². The highest BCUT2D eigenvalue weighted by Crippen LogP contribution is 2.38. The third-order valence-electron chi connectivity index (χ3n) is 8.63. The first kappa shape index (κ1) is 37.3. The summed E-state index contributed by atoms with van der Waals surface area (Å²) in [6.45, 7) is 5.96. The van der Waals surface area contributed by atoms with Gasteiger partial charge in [0.1, 0.15) is 29.3 Å². The SMILES string of the molecule is CCCCC[C@@H](C(=O)O)N(C)S(=O)(=O)c1cc(F)c(CCc2ncc(C(C)(C)c3ccc(Cl)c(OC)c3)n2-c2ccc(F)cc2)c(Cl)c1. The zero-order chi connectivity index (χ0) is 35.4. The van der Waals surface area contributed by atoms with E-state index >= 15 is 4.39 Å². The number of hydrogen-bond acceptors (Lipinski definition) is 5. The molecule has 4 rings (SSSR count). The van der Waals surface area contributed by atoms with Crippen molar-refractivity contribution in [2.45, 2.75) is 75.6 Å². The van der Waals surface area contributed by atoms with Gasteiger partial charge in [-0.2, -0.15) is 4.31 Å². The first-order valence-corrected chi connectivity index (χ1v) is 17.7. The van der Waals surface area contributed by atoms with Crippen molar-refractivity contribution in [3.8, 4) is 11.4 Å². The van der Waals surface area contributed by atoms with Crippen molar-refractivity contribution < 1.29 is 31.8 Å². The second-order valence-corrected chi connectivity index (χ2v) is 14.9. The molecule has 0 aliphatic carbocycles. The highest BCUT2D eigenvalue weighted by atomic mass is 35.5. The maximum atomic E-state index is 15.6. The van der Waals surface area contributed by atoms with Gasteiger partial charge in [0, 0.05) is 41.4 Å². The van der Waals surface area contributed by atoms with E-state index in [4.69, 9.17) is 27.9 Å². The van der Waals surface area contributed by atoms with Crippen LogP contribution >= 0.6 is 23.2 Å². The molecule has 4 aromatic rings. The summed E-state index contributed by atoms with van der Waals surface area (Å²) in [5, 5.41) is 10.1. The molecular weight excluding hydrogens is 683 g/mol. The molecule has 258 valence electrons. The Labute approximate surface area is 290 Å². The van der Waals surface area contributed by atoms with Crippen LogP contribution < -0.4 is 4.74 Å². The van der Waals surface area contributed by atoms with Crippen molar-refractivity contribution in [3.63, 3.8) is 0 Å². The van der Waals surface area contributed by atoms with Crippen LogP contribution in [0.2, 0.25) is 10.0 Å². The first-order chi connectivity index (χ1) is 22.6. The molecule has 48 heavy (non-hydrogen) atoms. The Hall–Kier alpha value is -3.51. The molecule has 0 saturated heterocycles. The molecule has 0 amide bonds. The number of methoxy groups -OCH3 is 1. The monoisotopic (exact) mass is 721 g/mol. The molecule has 0 radical (unpaired) electrons. The smallest absolute Gasteiger partial charge is 0.322 e. The lowest BCUT2D eigenvalue weighted by atomic mass is 9.81. The molecule has 1 atom stereocenters. The van der Waals surface area contributed by atoms with E-state index in [1.165, 1.54) is 26.3 Å². The molecule has 8 nitrogen and oxygen atoms in total. The van der Waals surface area contributed by atoms with Gasteiger partial charge in [-0.1, -0.05) is 69.3 Å². The molecular formula is C35H39Cl2F2N3O5S. The number of carbonyl (C=O) groups is 1. The summed E-state index contributed by atoms with van der Waals surface area (Å²) in [6.07, 6.45) is 4.21. The van der Waals surface area contributed by atoms with Crippen LogP contribution in [0.25, 0.3) is 5.69 Å². The Morgan fingerprint density at radius 3 is 2.33 bits per heavy atom. The van der Waals surface area contributed by atoms with Gasteiger partial charge in [-0.05, 0) is 66.9 Å². The van der Waals surface area contributed by atoms with Crippen LogP contribution in [0.1, 0.15) is 69.1 Å². The maximum absolute atomic E-state index is 15.6. The van der Waals surface area contributed by atoms with Gasteiger partial charge in [0.05, 0.1) is 22.7 Å². The number of nitrogens with zero attached hydrogens (tertiary/aromatic N) is 3. The molecule has 3 aromatic carbocycles. The second kappa shape index (κ2) is 15.4. The average Bonchev–Trinajstić information content (AvgIpc) is 3.47. The lowest BCUT2D eigenvalue weighted by Crippen LogP contribution is -2.42. The molecule has 0 unspecified atom stereocenters. The zero-order valence-corrected chi connectivity index (χ0v) is 29.8. The van der Waals surface area contributed by atoms with Crippen molar-refractivity contribution in [1.82, 2.24) is 13.9 Å². The van der Waals surface area contributed by atoms with Crippen LogP contribution in [0, 0.1) is 11.6 Å². The Morgan fingerprint density at radius 1 is 1.04 bits per heavy atom. The number of aryl methyl sites for hydroxylation is 1. The van der Waals surface area contributed by atoms with Gasteiger partial charge in [0.15, 0.2) is 0 Å². The summed E-state index contributed by atoms with van der Waals surface area (Å²) in [5.74, 6) is -1.49. The predicted octanol–water partition coefficient (Wildman–Crippen LogP) is 8.23. The molecule has 0 fully saturated rings. The van der Waals surface area contributed by atoms with Gasteiger partial charge in [-0.25, -0.2) is 22.2 Å². The summed E-state index contributed by atoms with van der Waals surface area (Å²) in [7, 11) is -1.67. The van der Waals surface area contributed by atoms with E-state index in [2.05, 4.69) is 4.98 Å². The predicted molar refractivity (Wildman–Crippen MR) is 183 cm³/mol. The number of sulfonamides is 1. The highest BCUT2D eigenvalue weighted by molar-refractivity contribution is 7.89. The molecule has 1 heterocycles. The first-order valence-electron chi connectivity index (χ1n) is 15.5. The number of unbranched alkanes of at least 4 members (excludes halogenated alkanes) is 2. The van der Waals surface area contributed by atoms with Crippen molar-refractivity contribution >= 4 is 39.2 Å². The van der Waals surface area contributed by atoms with E-state index in [1.54, 1.807) is 24.4 Å². The van der Waals surface area contributed by atoms with Gasteiger partial charge in [-0.15, -0.1) is 0 Å². The number of likely N-dealkylation sites (N-methyl/N-ethyl adjacent to an activating group) is 1. The molecule has 1 N–H and O–H groups in total. The van der Waals surface area contributed by atoms with Gasteiger partial charge in [0.25, 0.3) is 0 Å². The fourth-order valence-electron chi connectivity index (χ4n) is 5.67. The number of benzene rings is 3. The van der Waals surface area contributed by atoms with Crippen LogP contribution in [-0.2, 0) is 33.1 Å². The standard InChI is InChI=1S/C35H39Cl2F2N3O5S/c1-6-7-8-9-30(34(43)44)41(4)48(45,46)25-19-28(37)26(29(39)20-25)15-17-33-40-21-32(42(33)24-13-11-23(38)12-14-24)35(2,3)22-10-16-27(36)31(18-22)47-5/h10-14,16,18-21,30H,6-9,15,17H2,1-5H3,(H,43,44)/t30-/m0/s1. The topological polar surface area (TPSA) is 102 Å². The Morgan fingerprint density at radius 2 is 1.73 bits per heavy atom. The van der Waals surface area contributed by atoms with Crippen molar-refractivity contribution in [2.24, 2.45) is 0 Å². The molecule has 0 bridgehead atoms. The van der Waals surface area contributed by atoms with Crippen LogP contribution in [0.15, 0.2) is 65.7 Å². The third-order valence-corrected chi connectivity index (χ3v) is 11.1. The van der Waals surface area contributed by atoms with Gasteiger partial charge < -0.3 is 9.84 Å². The van der Waals surface area contributed by atoms with Gasteiger partial charge >= 0.3 is 5.97 Å². The normalized spacial score (nSPS) is 12.8. The number of carboxylic acids is 1. The third kappa shape index (κ3) is 7.86. The number of halogens is 4. The Bertz CT molecular complexity index is 1860. The van der Waals surface area contributed by atoms with E-state index in [-0.39, 0.29) is 29.8 Å². The van der Waals surface area contributed by atoms with Crippen LogP contribution in [0.4, 0.5) is 8.78 Å². The van der Waals surface area contributed by atoms with Crippen LogP contribution in [-0.4, -0.2) is 53.5 Å².